The van der Waals surface area contributed by atoms with E-state index in [-0.39, 0.29) is 18.3 Å². The smallest absolute Gasteiger partial charge is 0.216 e. The monoisotopic (exact) mass is 430 g/mol. The van der Waals surface area contributed by atoms with Crippen molar-refractivity contribution in [3.05, 3.63) is 59.9 Å². The number of para-hydroxylation sites is 1. The second-order valence-electron chi connectivity index (χ2n) is 8.05. The minimum Gasteiger partial charge on any atom is -0.494 e. The highest BCUT2D eigenvalue weighted by molar-refractivity contribution is 5.72. The molecule has 0 bridgehead atoms. The lowest BCUT2D eigenvalue weighted by Gasteiger charge is -2.38. The summed E-state index contributed by atoms with van der Waals surface area (Å²) in [6, 6.07) is 14.3. The number of rotatable bonds is 10. The quantitative estimate of drug-likeness (QED) is 0.567. The van der Waals surface area contributed by atoms with Gasteiger partial charge in [-0.15, -0.1) is 0 Å². The van der Waals surface area contributed by atoms with E-state index in [2.05, 4.69) is 10.2 Å². The number of nitrogens with zero attached hydrogens (tertiary/aromatic N) is 1. The third-order valence-corrected chi connectivity index (χ3v) is 5.41. The first-order valence-corrected chi connectivity index (χ1v) is 10.7. The third-order valence-electron chi connectivity index (χ3n) is 5.41. The fraction of sp³-hybridized carbons (Fsp3) is 0.458. The van der Waals surface area contributed by atoms with E-state index in [0.29, 0.717) is 26.0 Å². The van der Waals surface area contributed by atoms with Crippen molar-refractivity contribution in [2.24, 2.45) is 0 Å². The number of aliphatic hydroxyl groups is 1. The molecule has 2 N–H and O–H groups in total. The van der Waals surface area contributed by atoms with Crippen molar-refractivity contribution >= 4 is 5.91 Å². The summed E-state index contributed by atoms with van der Waals surface area (Å²) < 4.78 is 24.9. The Kier molecular flexibility index (Phi) is 8.26. The maximum Gasteiger partial charge on any atom is 0.216 e. The lowest BCUT2D eigenvalue weighted by Crippen LogP contribution is -2.47. The van der Waals surface area contributed by atoms with Crippen LogP contribution in [0.5, 0.6) is 11.5 Å². The van der Waals surface area contributed by atoms with Crippen molar-refractivity contribution in [1.82, 2.24) is 10.2 Å². The predicted molar refractivity (Wildman–Crippen MR) is 117 cm³/mol. The average molecular weight is 431 g/mol. The van der Waals surface area contributed by atoms with Gasteiger partial charge >= 0.3 is 0 Å². The Labute approximate surface area is 183 Å². The molecule has 1 saturated heterocycles. The predicted octanol–water partition coefficient (Wildman–Crippen LogP) is 3.14. The van der Waals surface area contributed by atoms with E-state index >= 15 is 0 Å². The molecule has 0 spiro atoms. The van der Waals surface area contributed by atoms with Crippen molar-refractivity contribution in [2.75, 3.05) is 32.8 Å². The Bertz CT molecular complexity index is 836. The maximum atomic E-state index is 13.7. The molecular formula is C24H31FN2O4. The first-order chi connectivity index (χ1) is 14.9. The second kappa shape index (κ2) is 11.1. The third kappa shape index (κ3) is 7.52. The maximum absolute atomic E-state index is 13.7. The fourth-order valence-electron chi connectivity index (χ4n) is 3.52. The molecular weight excluding hydrogens is 399 g/mol. The second-order valence-corrected chi connectivity index (χ2v) is 8.05. The molecule has 0 saturated carbocycles. The topological polar surface area (TPSA) is 71.0 Å². The molecule has 31 heavy (non-hydrogen) atoms. The van der Waals surface area contributed by atoms with Crippen LogP contribution in [0.3, 0.4) is 0 Å². The van der Waals surface area contributed by atoms with Crippen molar-refractivity contribution < 1.29 is 23.8 Å². The van der Waals surface area contributed by atoms with E-state index in [0.717, 1.165) is 31.8 Å². The molecule has 2 aromatic rings. The summed E-state index contributed by atoms with van der Waals surface area (Å²) >= 11 is 0. The van der Waals surface area contributed by atoms with Crippen molar-refractivity contribution in [1.29, 1.82) is 0 Å². The van der Waals surface area contributed by atoms with Gasteiger partial charge in [-0.25, -0.2) is 4.39 Å². The highest BCUT2D eigenvalue weighted by Gasteiger charge is 2.33. The highest BCUT2D eigenvalue weighted by Crippen LogP contribution is 2.26. The van der Waals surface area contributed by atoms with Gasteiger partial charge in [-0.3, -0.25) is 9.69 Å². The first-order valence-electron chi connectivity index (χ1n) is 10.7. The van der Waals surface area contributed by atoms with Crippen LogP contribution < -0.4 is 14.8 Å². The molecule has 0 unspecified atom stereocenters. The molecule has 1 fully saturated rings. The molecule has 0 aliphatic carbocycles. The van der Waals surface area contributed by atoms with E-state index in [9.17, 15) is 14.3 Å². The Morgan fingerprint density at radius 3 is 2.52 bits per heavy atom. The number of carbonyl (C=O) groups excluding carboxylic acids is 1. The molecule has 1 heterocycles. The number of nitrogens with one attached hydrogen (secondary N) is 1. The van der Waals surface area contributed by atoms with E-state index in [4.69, 9.17) is 9.47 Å². The van der Waals surface area contributed by atoms with Crippen LogP contribution in [-0.2, 0) is 11.3 Å². The van der Waals surface area contributed by atoms with Crippen LogP contribution in [0, 0.1) is 5.82 Å². The Morgan fingerprint density at radius 1 is 1.13 bits per heavy atom. The number of hydrogen-bond donors (Lipinski definition) is 2. The van der Waals surface area contributed by atoms with Crippen LogP contribution in [0.1, 0.15) is 31.7 Å². The Hall–Kier alpha value is -2.64. The normalized spacial score (nSPS) is 16.0. The van der Waals surface area contributed by atoms with E-state index in [1.807, 2.05) is 24.3 Å². The van der Waals surface area contributed by atoms with Crippen LogP contribution in [-0.4, -0.2) is 54.4 Å². The van der Waals surface area contributed by atoms with Gasteiger partial charge in [0.15, 0.2) is 11.6 Å². The van der Waals surface area contributed by atoms with Gasteiger partial charge in [-0.2, -0.15) is 0 Å². The molecule has 2 aromatic carbocycles. The molecule has 0 aromatic heterocycles. The summed E-state index contributed by atoms with van der Waals surface area (Å²) in [5.41, 5.74) is 0.243. The zero-order valence-corrected chi connectivity index (χ0v) is 18.0. The van der Waals surface area contributed by atoms with E-state index in [1.54, 1.807) is 18.2 Å². The molecule has 0 radical (unpaired) electrons. The number of hydrogen-bond acceptors (Lipinski definition) is 5. The van der Waals surface area contributed by atoms with Crippen LogP contribution >= 0.6 is 0 Å². The van der Waals surface area contributed by atoms with Gasteiger partial charge in [0.25, 0.3) is 0 Å². The summed E-state index contributed by atoms with van der Waals surface area (Å²) in [7, 11) is 0. The van der Waals surface area contributed by atoms with Crippen LogP contribution in [0.4, 0.5) is 4.39 Å². The largest absolute Gasteiger partial charge is 0.494 e. The number of ether oxygens (including phenoxy) is 2. The number of piperidine rings is 1. The molecule has 1 aliphatic rings. The summed E-state index contributed by atoms with van der Waals surface area (Å²) in [6.07, 6.45) is 1.92. The number of benzene rings is 2. The molecule has 6 nitrogen and oxygen atoms in total. The number of carbonyl (C=O) groups is 1. The lowest BCUT2D eigenvalue weighted by molar-refractivity contribution is -0.118. The summed E-state index contributed by atoms with van der Waals surface area (Å²) in [4.78, 5) is 13.1. The van der Waals surface area contributed by atoms with E-state index < -0.39 is 11.4 Å². The van der Waals surface area contributed by atoms with Crippen molar-refractivity contribution in [2.45, 2.75) is 38.3 Å². The van der Waals surface area contributed by atoms with Crippen molar-refractivity contribution in [3.8, 4) is 11.5 Å². The minimum atomic E-state index is -0.937. The molecule has 1 amide bonds. The van der Waals surface area contributed by atoms with E-state index in [1.165, 1.54) is 18.6 Å². The number of likely N-dealkylation sites (tertiary alicyclic amines) is 1. The van der Waals surface area contributed by atoms with Gasteiger partial charge < -0.3 is 19.9 Å². The van der Waals surface area contributed by atoms with Gasteiger partial charge in [0.2, 0.25) is 5.91 Å². The average Bonchev–Trinajstić information content (AvgIpc) is 2.76. The van der Waals surface area contributed by atoms with Crippen LogP contribution in [0.25, 0.3) is 0 Å². The number of halogens is 1. The highest BCUT2D eigenvalue weighted by atomic mass is 19.1. The van der Waals surface area contributed by atoms with Gasteiger partial charge in [0.1, 0.15) is 18.0 Å². The molecule has 1 aliphatic heterocycles. The summed E-state index contributed by atoms with van der Waals surface area (Å²) in [6.45, 7) is 5.06. The SMILES string of the molecule is CC(=O)NCCCOc1ccc(CN2CCC(O)(COc3ccccc3F)CC2)cc1. The van der Waals surface area contributed by atoms with Gasteiger partial charge in [0.05, 0.1) is 6.61 Å². The first kappa shape index (κ1) is 23.0. The summed E-state index contributed by atoms with van der Waals surface area (Å²) in [5.74, 6) is 0.544. The van der Waals surface area contributed by atoms with Gasteiger partial charge in [-0.1, -0.05) is 24.3 Å². The number of amides is 1. The minimum absolute atomic E-state index is 0.0295. The molecule has 168 valence electrons. The van der Waals surface area contributed by atoms with Gasteiger partial charge in [-0.05, 0) is 49.1 Å². The Balaban J connectivity index is 1.38. The lowest BCUT2D eigenvalue weighted by atomic mass is 9.92. The van der Waals surface area contributed by atoms with Crippen LogP contribution in [0.2, 0.25) is 0 Å². The summed E-state index contributed by atoms with van der Waals surface area (Å²) in [5, 5.41) is 13.5. The van der Waals surface area contributed by atoms with Gasteiger partial charge in [0, 0.05) is 33.1 Å². The standard InChI is InChI=1S/C24H31FN2O4/c1-19(28)26-13-4-16-30-21-9-7-20(8-10-21)17-27-14-11-24(29,12-15-27)18-31-23-6-3-2-5-22(23)25/h2-3,5-10,29H,4,11-18H2,1H3,(H,26,28). The van der Waals surface area contributed by atoms with Crippen LogP contribution in [0.15, 0.2) is 48.5 Å². The Morgan fingerprint density at radius 2 is 1.84 bits per heavy atom. The molecule has 3 rings (SSSR count). The molecule has 0 atom stereocenters. The fourth-order valence-corrected chi connectivity index (χ4v) is 3.52. The zero-order chi connectivity index (χ0) is 22.1. The van der Waals surface area contributed by atoms with Crippen molar-refractivity contribution in [3.63, 3.8) is 0 Å². The molecule has 7 heteroatoms. The zero-order valence-electron chi connectivity index (χ0n) is 18.0.